The van der Waals surface area contributed by atoms with Crippen LogP contribution in [0.4, 0.5) is 24.7 Å². The summed E-state index contributed by atoms with van der Waals surface area (Å²) in [5.41, 5.74) is 0.523. The minimum atomic E-state index is -4.54. The van der Waals surface area contributed by atoms with Crippen molar-refractivity contribution in [2.45, 2.75) is 11.1 Å². The van der Waals surface area contributed by atoms with E-state index in [1.165, 1.54) is 0 Å². The highest BCUT2D eigenvalue weighted by atomic mass is 32.2. The van der Waals surface area contributed by atoms with E-state index < -0.39 is 21.8 Å². The number of hydrogen-bond acceptors (Lipinski definition) is 6. The van der Waals surface area contributed by atoms with Gasteiger partial charge in [0.1, 0.15) is 0 Å². The number of ether oxygens (including phenoxy) is 1. The predicted octanol–water partition coefficient (Wildman–Crippen LogP) is 3.80. The molecule has 0 atom stereocenters. The molecule has 0 spiro atoms. The van der Waals surface area contributed by atoms with Crippen molar-refractivity contribution in [3.8, 4) is 11.3 Å². The number of rotatable bonds is 5. The molecular formula is C21H19F3N4O3S. The van der Waals surface area contributed by atoms with Gasteiger partial charge in [-0.1, -0.05) is 12.1 Å². The highest BCUT2D eigenvalue weighted by Crippen LogP contribution is 2.30. The maximum Gasteiger partial charge on any atom is 0.416 e. The maximum absolute atomic E-state index is 12.7. The summed E-state index contributed by atoms with van der Waals surface area (Å²) in [4.78, 5) is 1.79. The summed E-state index contributed by atoms with van der Waals surface area (Å²) >= 11 is 0. The number of halogens is 3. The average molecular weight is 464 g/mol. The zero-order valence-electron chi connectivity index (χ0n) is 16.7. The molecule has 2 heterocycles. The van der Waals surface area contributed by atoms with Crippen LogP contribution in [0, 0.1) is 0 Å². The van der Waals surface area contributed by atoms with Gasteiger partial charge in [-0.3, -0.25) is 4.72 Å². The van der Waals surface area contributed by atoms with Crippen molar-refractivity contribution < 1.29 is 26.3 Å². The van der Waals surface area contributed by atoms with Crippen LogP contribution >= 0.6 is 0 Å². The van der Waals surface area contributed by atoms with E-state index in [0.29, 0.717) is 24.5 Å². The molecule has 32 heavy (non-hydrogen) atoms. The molecule has 0 unspecified atom stereocenters. The molecule has 0 aliphatic carbocycles. The van der Waals surface area contributed by atoms with Gasteiger partial charge in [-0.05, 0) is 48.5 Å². The Morgan fingerprint density at radius 3 is 2.28 bits per heavy atom. The van der Waals surface area contributed by atoms with Gasteiger partial charge >= 0.3 is 6.18 Å². The molecule has 3 aromatic rings. The van der Waals surface area contributed by atoms with E-state index in [4.69, 9.17) is 4.74 Å². The second kappa shape index (κ2) is 8.75. The molecule has 2 aromatic carbocycles. The van der Waals surface area contributed by atoms with Crippen LogP contribution in [0.25, 0.3) is 11.3 Å². The van der Waals surface area contributed by atoms with E-state index in [0.717, 1.165) is 43.2 Å². The average Bonchev–Trinajstić information content (AvgIpc) is 2.79. The van der Waals surface area contributed by atoms with Gasteiger partial charge in [0.25, 0.3) is 10.0 Å². The number of alkyl halides is 3. The zero-order chi connectivity index (χ0) is 22.8. The largest absolute Gasteiger partial charge is 0.416 e. The van der Waals surface area contributed by atoms with Gasteiger partial charge in [-0.15, -0.1) is 10.2 Å². The number of aromatic nitrogens is 2. The molecular weight excluding hydrogens is 445 g/mol. The van der Waals surface area contributed by atoms with Gasteiger partial charge in [-0.25, -0.2) is 8.42 Å². The number of nitrogens with zero attached hydrogens (tertiary/aromatic N) is 3. The number of anilines is 2. The molecule has 4 rings (SSSR count). The Labute approximate surface area is 182 Å². The first-order valence-corrected chi connectivity index (χ1v) is 11.2. The number of benzene rings is 2. The van der Waals surface area contributed by atoms with Crippen molar-refractivity contribution in [2.24, 2.45) is 0 Å². The van der Waals surface area contributed by atoms with Crippen LogP contribution in [-0.2, 0) is 20.9 Å². The Hall–Kier alpha value is -3.18. The number of hydrogen-bond donors (Lipinski definition) is 1. The van der Waals surface area contributed by atoms with Crippen molar-refractivity contribution in [3.63, 3.8) is 0 Å². The van der Waals surface area contributed by atoms with E-state index in [9.17, 15) is 21.6 Å². The summed E-state index contributed by atoms with van der Waals surface area (Å²) in [7, 11) is -4.07. The minimum Gasteiger partial charge on any atom is -0.378 e. The third-order valence-corrected chi connectivity index (χ3v) is 6.29. The molecule has 7 nitrogen and oxygen atoms in total. The quantitative estimate of drug-likeness (QED) is 0.619. The van der Waals surface area contributed by atoms with E-state index >= 15 is 0 Å². The molecule has 1 aromatic heterocycles. The van der Waals surface area contributed by atoms with Crippen molar-refractivity contribution in [1.82, 2.24) is 10.2 Å². The molecule has 0 radical (unpaired) electrons. The van der Waals surface area contributed by atoms with Crippen LogP contribution in [0.1, 0.15) is 5.56 Å². The lowest BCUT2D eigenvalue weighted by Gasteiger charge is -2.27. The fourth-order valence-electron chi connectivity index (χ4n) is 3.22. The Morgan fingerprint density at radius 1 is 0.938 bits per heavy atom. The summed E-state index contributed by atoms with van der Waals surface area (Å²) in [6, 6.07) is 13.5. The van der Waals surface area contributed by atoms with Crippen LogP contribution in [0.5, 0.6) is 0 Å². The number of morpholine rings is 1. The number of nitrogens with one attached hydrogen (secondary N) is 1. The lowest BCUT2D eigenvalue weighted by atomic mass is 10.1. The molecule has 1 fully saturated rings. The normalized spacial score (nSPS) is 14.9. The van der Waals surface area contributed by atoms with Gasteiger partial charge in [0.15, 0.2) is 5.82 Å². The van der Waals surface area contributed by atoms with Crippen molar-refractivity contribution in [1.29, 1.82) is 0 Å². The molecule has 0 saturated carbocycles. The highest BCUT2D eigenvalue weighted by molar-refractivity contribution is 7.92. The van der Waals surface area contributed by atoms with Crippen LogP contribution in [0.2, 0.25) is 0 Å². The summed E-state index contributed by atoms with van der Waals surface area (Å²) in [5.74, 6) is 0.733. The lowest BCUT2D eigenvalue weighted by Crippen LogP contribution is -2.36. The third kappa shape index (κ3) is 5.00. The Kier molecular flexibility index (Phi) is 6.02. The third-order valence-electron chi connectivity index (χ3n) is 4.89. The van der Waals surface area contributed by atoms with Crippen LogP contribution in [-0.4, -0.2) is 44.9 Å². The van der Waals surface area contributed by atoms with E-state index in [1.807, 2.05) is 6.07 Å². The fraction of sp³-hybridized carbons (Fsp3) is 0.238. The zero-order valence-corrected chi connectivity index (χ0v) is 17.5. The van der Waals surface area contributed by atoms with E-state index in [2.05, 4.69) is 19.8 Å². The van der Waals surface area contributed by atoms with Gasteiger partial charge in [0, 0.05) is 24.3 Å². The summed E-state index contributed by atoms with van der Waals surface area (Å²) in [6.45, 7) is 2.72. The molecule has 168 valence electrons. The maximum atomic E-state index is 12.7. The molecule has 1 N–H and O–H groups in total. The van der Waals surface area contributed by atoms with E-state index in [1.54, 1.807) is 30.3 Å². The van der Waals surface area contributed by atoms with Gasteiger partial charge in [0.2, 0.25) is 0 Å². The molecule has 1 aliphatic heterocycles. The van der Waals surface area contributed by atoms with Crippen LogP contribution in [0.3, 0.4) is 0 Å². The van der Waals surface area contributed by atoms with Gasteiger partial charge in [-0.2, -0.15) is 13.2 Å². The van der Waals surface area contributed by atoms with Gasteiger partial charge in [0.05, 0.1) is 29.4 Å². The summed E-state index contributed by atoms with van der Waals surface area (Å²) < 4.78 is 71.0. The molecule has 1 saturated heterocycles. The minimum absolute atomic E-state index is 0.251. The fourth-order valence-corrected chi connectivity index (χ4v) is 4.27. The molecule has 11 heteroatoms. The monoisotopic (exact) mass is 464 g/mol. The Bertz CT molecular complexity index is 1180. The molecule has 0 amide bonds. The smallest absolute Gasteiger partial charge is 0.378 e. The second-order valence-electron chi connectivity index (χ2n) is 7.08. The van der Waals surface area contributed by atoms with Crippen molar-refractivity contribution in [2.75, 3.05) is 35.9 Å². The van der Waals surface area contributed by atoms with E-state index in [-0.39, 0.29) is 10.6 Å². The van der Waals surface area contributed by atoms with Crippen molar-refractivity contribution in [3.05, 3.63) is 66.2 Å². The first kappa shape index (κ1) is 22.0. The van der Waals surface area contributed by atoms with Gasteiger partial charge < -0.3 is 9.64 Å². The molecule has 1 aliphatic rings. The first-order chi connectivity index (χ1) is 15.2. The van der Waals surface area contributed by atoms with Crippen LogP contribution in [0.15, 0.2) is 65.6 Å². The topological polar surface area (TPSA) is 84.4 Å². The highest BCUT2D eigenvalue weighted by Gasteiger charge is 2.30. The Morgan fingerprint density at radius 2 is 1.66 bits per heavy atom. The summed E-state index contributed by atoms with van der Waals surface area (Å²) in [5, 5.41) is 8.48. The molecule has 0 bridgehead atoms. The second-order valence-corrected chi connectivity index (χ2v) is 8.77. The number of sulfonamides is 1. The SMILES string of the molecule is O=S(=O)(Nc1cccc(-c2ccc(N3CCOCC3)nn2)c1)c1ccc(C(F)(F)F)cc1. The lowest BCUT2D eigenvalue weighted by molar-refractivity contribution is -0.137. The predicted molar refractivity (Wildman–Crippen MR) is 113 cm³/mol. The summed E-state index contributed by atoms with van der Waals surface area (Å²) in [6.07, 6.45) is -4.54. The first-order valence-electron chi connectivity index (χ1n) is 9.69. The van der Waals surface area contributed by atoms with Crippen molar-refractivity contribution >= 4 is 21.5 Å². The standard InChI is InChI=1S/C21H19F3N4O3S/c22-21(23,24)16-4-6-18(7-5-16)32(29,30)27-17-3-1-2-15(14-17)19-8-9-20(26-25-19)28-10-12-31-13-11-28/h1-9,14,27H,10-13H2. The van der Waals surface area contributed by atoms with Crippen LogP contribution < -0.4 is 9.62 Å². The Balaban J connectivity index is 1.51.